The fourth-order valence-corrected chi connectivity index (χ4v) is 3.05. The predicted molar refractivity (Wildman–Crippen MR) is 90.2 cm³/mol. The molecule has 0 radical (unpaired) electrons. The molecule has 1 atom stereocenters. The van der Waals surface area contributed by atoms with Crippen LogP contribution in [0.1, 0.15) is 22.0 Å². The van der Waals surface area contributed by atoms with Crippen LogP contribution in [0, 0.1) is 0 Å². The van der Waals surface area contributed by atoms with E-state index in [1.165, 1.54) is 0 Å². The Labute approximate surface area is 143 Å². The molecule has 1 unspecified atom stereocenters. The van der Waals surface area contributed by atoms with E-state index in [0.29, 0.717) is 30.3 Å². The number of halogens is 2. The third kappa shape index (κ3) is 3.35. The van der Waals surface area contributed by atoms with Gasteiger partial charge in [-0.3, -0.25) is 4.79 Å². The molecular weight excluding hydrogens is 366 g/mol. The number of ether oxygens (including phenoxy) is 1. The minimum atomic E-state index is -0.179. The van der Waals surface area contributed by atoms with Crippen molar-refractivity contribution < 1.29 is 9.53 Å². The predicted octanol–water partition coefficient (Wildman–Crippen LogP) is 4.32. The van der Waals surface area contributed by atoms with Gasteiger partial charge in [-0.15, -0.1) is 0 Å². The summed E-state index contributed by atoms with van der Waals surface area (Å²) in [5, 5.41) is 0.672. The van der Waals surface area contributed by atoms with E-state index >= 15 is 0 Å². The lowest BCUT2D eigenvalue weighted by Crippen LogP contribution is -2.42. The highest BCUT2D eigenvalue weighted by molar-refractivity contribution is 9.10. The molecule has 1 fully saturated rings. The van der Waals surface area contributed by atoms with E-state index in [4.69, 9.17) is 16.3 Å². The molecule has 0 aliphatic carbocycles. The Morgan fingerprint density at radius 3 is 2.64 bits per heavy atom. The van der Waals surface area contributed by atoms with Crippen molar-refractivity contribution in [2.45, 2.75) is 6.10 Å². The molecule has 1 aliphatic rings. The second-order valence-corrected chi connectivity index (χ2v) is 6.46. The van der Waals surface area contributed by atoms with Crippen molar-refractivity contribution in [3.05, 3.63) is 69.2 Å². The number of benzene rings is 2. The fraction of sp³-hybridized carbons (Fsp3) is 0.235. The first kappa shape index (κ1) is 15.5. The van der Waals surface area contributed by atoms with Crippen LogP contribution in [0.5, 0.6) is 0 Å². The van der Waals surface area contributed by atoms with Crippen LogP contribution in [0.15, 0.2) is 53.0 Å². The Hall–Kier alpha value is -1.36. The number of hydrogen-bond donors (Lipinski definition) is 0. The smallest absolute Gasteiger partial charge is 0.254 e. The van der Waals surface area contributed by atoms with Crippen LogP contribution in [0.3, 0.4) is 0 Å². The lowest BCUT2D eigenvalue weighted by atomic mass is 10.1. The first-order valence-electron chi connectivity index (χ1n) is 7.06. The molecule has 114 valence electrons. The van der Waals surface area contributed by atoms with Crippen LogP contribution < -0.4 is 0 Å². The number of amides is 1. The summed E-state index contributed by atoms with van der Waals surface area (Å²) in [6.07, 6.45) is -0.179. The highest BCUT2D eigenvalue weighted by atomic mass is 79.9. The fourth-order valence-electron chi connectivity index (χ4n) is 2.53. The zero-order valence-electron chi connectivity index (χ0n) is 11.8. The van der Waals surface area contributed by atoms with Crippen LogP contribution >= 0.6 is 27.5 Å². The van der Waals surface area contributed by atoms with E-state index in [-0.39, 0.29) is 12.0 Å². The van der Waals surface area contributed by atoms with E-state index < -0.39 is 0 Å². The van der Waals surface area contributed by atoms with E-state index in [0.717, 1.165) is 10.0 Å². The van der Waals surface area contributed by atoms with Crippen molar-refractivity contribution >= 4 is 33.4 Å². The molecule has 0 aromatic heterocycles. The standard InChI is InChI=1S/C17H15BrClNO2/c18-13-7-5-12(6-8-13)17(21)20-9-10-22-16(11-20)14-3-1-2-4-15(14)19/h1-8,16H,9-11H2. The van der Waals surface area contributed by atoms with E-state index in [9.17, 15) is 4.79 Å². The maximum atomic E-state index is 12.6. The Balaban J connectivity index is 1.77. The number of morpholine rings is 1. The Bertz CT molecular complexity index is 675. The highest BCUT2D eigenvalue weighted by Crippen LogP contribution is 2.28. The van der Waals surface area contributed by atoms with Crippen molar-refractivity contribution in [3.8, 4) is 0 Å². The Morgan fingerprint density at radius 1 is 1.18 bits per heavy atom. The summed E-state index contributed by atoms with van der Waals surface area (Å²) < 4.78 is 6.75. The molecule has 3 rings (SSSR count). The summed E-state index contributed by atoms with van der Waals surface area (Å²) in [5.74, 6) is 0.0212. The molecule has 0 bridgehead atoms. The number of rotatable bonds is 2. The third-order valence-electron chi connectivity index (χ3n) is 3.70. The third-order valence-corrected chi connectivity index (χ3v) is 4.57. The molecule has 1 saturated heterocycles. The van der Waals surface area contributed by atoms with Gasteiger partial charge in [0.05, 0.1) is 13.2 Å². The van der Waals surface area contributed by atoms with Gasteiger partial charge in [-0.05, 0) is 30.3 Å². The van der Waals surface area contributed by atoms with Crippen LogP contribution in [0.4, 0.5) is 0 Å². The monoisotopic (exact) mass is 379 g/mol. The molecule has 0 N–H and O–H groups in total. The number of nitrogens with zero attached hydrogens (tertiary/aromatic N) is 1. The van der Waals surface area contributed by atoms with Crippen molar-refractivity contribution in [2.75, 3.05) is 19.7 Å². The summed E-state index contributed by atoms with van der Waals surface area (Å²) >= 11 is 9.61. The number of hydrogen-bond acceptors (Lipinski definition) is 2. The van der Waals surface area contributed by atoms with Crippen molar-refractivity contribution in [3.63, 3.8) is 0 Å². The Kier molecular flexibility index (Phi) is 4.81. The van der Waals surface area contributed by atoms with Gasteiger partial charge in [-0.1, -0.05) is 45.7 Å². The maximum absolute atomic E-state index is 12.6. The molecule has 1 aliphatic heterocycles. The van der Waals surface area contributed by atoms with Gasteiger partial charge < -0.3 is 9.64 Å². The minimum absolute atomic E-state index is 0.0212. The van der Waals surface area contributed by atoms with Gasteiger partial charge in [0.1, 0.15) is 6.10 Å². The first-order chi connectivity index (χ1) is 10.6. The van der Waals surface area contributed by atoms with Crippen molar-refractivity contribution in [1.29, 1.82) is 0 Å². The van der Waals surface area contributed by atoms with Gasteiger partial charge >= 0.3 is 0 Å². The molecule has 3 nitrogen and oxygen atoms in total. The normalized spacial score (nSPS) is 18.3. The summed E-state index contributed by atoms with van der Waals surface area (Å²) in [5.41, 5.74) is 1.61. The molecular formula is C17H15BrClNO2. The van der Waals surface area contributed by atoms with Crippen LogP contribution in [-0.4, -0.2) is 30.5 Å². The van der Waals surface area contributed by atoms with Gasteiger partial charge in [0, 0.05) is 27.2 Å². The maximum Gasteiger partial charge on any atom is 0.254 e. The van der Waals surface area contributed by atoms with Crippen LogP contribution in [-0.2, 0) is 4.74 Å². The zero-order chi connectivity index (χ0) is 15.5. The van der Waals surface area contributed by atoms with E-state index in [1.54, 1.807) is 0 Å². The topological polar surface area (TPSA) is 29.5 Å². The molecule has 1 heterocycles. The second-order valence-electron chi connectivity index (χ2n) is 5.14. The highest BCUT2D eigenvalue weighted by Gasteiger charge is 2.27. The summed E-state index contributed by atoms with van der Waals surface area (Å²) in [6.45, 7) is 1.62. The average Bonchev–Trinajstić information content (AvgIpc) is 2.55. The largest absolute Gasteiger partial charge is 0.370 e. The first-order valence-corrected chi connectivity index (χ1v) is 8.23. The summed E-state index contributed by atoms with van der Waals surface area (Å²) in [4.78, 5) is 14.4. The SMILES string of the molecule is O=C(c1ccc(Br)cc1)N1CCOC(c2ccccc2Cl)C1. The van der Waals surface area contributed by atoms with Gasteiger partial charge in [0.15, 0.2) is 0 Å². The van der Waals surface area contributed by atoms with Crippen LogP contribution in [0.25, 0.3) is 0 Å². The number of carbonyl (C=O) groups is 1. The average molecular weight is 381 g/mol. The van der Waals surface area contributed by atoms with Crippen molar-refractivity contribution in [1.82, 2.24) is 4.90 Å². The van der Waals surface area contributed by atoms with Crippen LogP contribution in [0.2, 0.25) is 5.02 Å². The lowest BCUT2D eigenvalue weighted by Gasteiger charge is -2.33. The van der Waals surface area contributed by atoms with E-state index in [2.05, 4.69) is 15.9 Å². The summed E-state index contributed by atoms with van der Waals surface area (Å²) in [6, 6.07) is 15.0. The molecule has 22 heavy (non-hydrogen) atoms. The summed E-state index contributed by atoms with van der Waals surface area (Å²) in [7, 11) is 0. The van der Waals surface area contributed by atoms with Gasteiger partial charge in [0.25, 0.3) is 5.91 Å². The minimum Gasteiger partial charge on any atom is -0.370 e. The lowest BCUT2D eigenvalue weighted by molar-refractivity contribution is -0.0227. The molecule has 2 aromatic carbocycles. The van der Waals surface area contributed by atoms with Gasteiger partial charge in [-0.2, -0.15) is 0 Å². The van der Waals surface area contributed by atoms with Crippen molar-refractivity contribution in [2.24, 2.45) is 0 Å². The van der Waals surface area contributed by atoms with E-state index in [1.807, 2.05) is 53.4 Å². The Morgan fingerprint density at radius 2 is 1.91 bits per heavy atom. The second kappa shape index (κ2) is 6.82. The molecule has 0 spiro atoms. The molecule has 1 amide bonds. The number of carbonyl (C=O) groups excluding carboxylic acids is 1. The van der Waals surface area contributed by atoms with Gasteiger partial charge in [0.2, 0.25) is 0 Å². The van der Waals surface area contributed by atoms with Gasteiger partial charge in [-0.25, -0.2) is 0 Å². The molecule has 5 heteroatoms. The zero-order valence-corrected chi connectivity index (χ0v) is 14.2. The molecule has 0 saturated carbocycles. The molecule has 2 aromatic rings. The quantitative estimate of drug-likeness (QED) is 0.777.